The van der Waals surface area contributed by atoms with E-state index in [2.05, 4.69) is 15.5 Å². The maximum atomic E-state index is 13.9. The van der Waals surface area contributed by atoms with Crippen molar-refractivity contribution >= 4 is 23.0 Å². The van der Waals surface area contributed by atoms with Gasteiger partial charge in [-0.15, -0.1) is 11.3 Å². The first-order valence-corrected chi connectivity index (χ1v) is 15.2. The summed E-state index contributed by atoms with van der Waals surface area (Å²) < 4.78 is 16.7. The Morgan fingerprint density at radius 2 is 1.85 bits per heavy atom. The molecule has 4 rings (SSSR count). The second kappa shape index (κ2) is 13.7. The lowest BCUT2D eigenvalue weighted by atomic mass is 9.79. The van der Waals surface area contributed by atoms with Crippen molar-refractivity contribution in [2.75, 3.05) is 13.2 Å². The highest BCUT2D eigenvalue weighted by molar-refractivity contribution is 7.13. The molecule has 41 heavy (non-hydrogen) atoms. The van der Waals surface area contributed by atoms with Gasteiger partial charge in [0.05, 0.1) is 46.2 Å². The largest absolute Gasteiger partial charge is 0.473 e. The average molecular weight is 584 g/mol. The Hall–Kier alpha value is -3.08. The van der Waals surface area contributed by atoms with Crippen molar-refractivity contribution in [1.82, 2.24) is 15.5 Å². The summed E-state index contributed by atoms with van der Waals surface area (Å²) in [7, 11) is 0. The summed E-state index contributed by atoms with van der Waals surface area (Å²) in [4.78, 5) is 32.8. The molecule has 9 nitrogen and oxygen atoms in total. The maximum Gasteiger partial charge on any atom is 0.254 e. The van der Waals surface area contributed by atoms with Crippen LogP contribution >= 0.6 is 11.3 Å². The average Bonchev–Trinajstić information content (AvgIpc) is 3.67. The summed E-state index contributed by atoms with van der Waals surface area (Å²) in [5.74, 6) is -1.66. The Morgan fingerprint density at radius 3 is 2.49 bits per heavy atom. The highest BCUT2D eigenvalue weighted by Crippen LogP contribution is 2.40. The van der Waals surface area contributed by atoms with Crippen molar-refractivity contribution < 1.29 is 28.7 Å². The van der Waals surface area contributed by atoms with Crippen LogP contribution in [0.25, 0.3) is 10.4 Å². The highest BCUT2D eigenvalue weighted by atomic mass is 32.1. The molecule has 1 saturated carbocycles. The molecule has 3 unspecified atom stereocenters. The summed E-state index contributed by atoms with van der Waals surface area (Å²) in [5, 5.41) is 17.6. The molecule has 1 fully saturated rings. The first kappa shape index (κ1) is 30.9. The third-order valence-corrected chi connectivity index (χ3v) is 8.70. The van der Waals surface area contributed by atoms with E-state index >= 15 is 0 Å². The summed E-state index contributed by atoms with van der Waals surface area (Å²) in [6.45, 7) is 12.5. The maximum absolute atomic E-state index is 13.9. The molecule has 0 bridgehead atoms. The molecule has 2 heterocycles. The van der Waals surface area contributed by atoms with Gasteiger partial charge in [0.2, 0.25) is 5.91 Å². The first-order chi connectivity index (χ1) is 19.6. The number of aliphatic hydroxyl groups is 1. The van der Waals surface area contributed by atoms with Gasteiger partial charge in [-0.3, -0.25) is 9.59 Å². The second-order valence-corrected chi connectivity index (χ2v) is 12.1. The van der Waals surface area contributed by atoms with Gasteiger partial charge in [-0.25, -0.2) is 4.98 Å². The Bertz CT molecular complexity index is 1300. The predicted octanol–water partition coefficient (Wildman–Crippen LogP) is 5.48. The van der Waals surface area contributed by atoms with Crippen molar-refractivity contribution in [3.8, 4) is 16.3 Å². The van der Waals surface area contributed by atoms with Crippen molar-refractivity contribution in [1.29, 1.82) is 0 Å². The zero-order chi connectivity index (χ0) is 29.7. The minimum atomic E-state index is -0.724. The molecule has 222 valence electrons. The van der Waals surface area contributed by atoms with Gasteiger partial charge in [-0.2, -0.15) is 0 Å². The standard InChI is InChI=1S/C31H41N3O6S/c1-7-38-18(4)15-39-27-14-26(40-34-27)28(17(2)3)29(36)24-12-23(35)13-25(24)31(37)33-19(5)21-8-10-22(11-9-21)30-20(6)32-16-41-30/h8-11,14,16-19,23-25,28,35H,7,12-13,15H2,1-6H3,(H,33,37)/t18?,19-,23-,24?,25+,28?/m0/s1. The number of nitrogens with zero attached hydrogens (tertiary/aromatic N) is 2. The van der Waals surface area contributed by atoms with Crippen LogP contribution in [0.5, 0.6) is 5.88 Å². The molecule has 10 heteroatoms. The Kier molecular flexibility index (Phi) is 10.3. The molecule has 6 atom stereocenters. The molecule has 0 spiro atoms. The van der Waals surface area contributed by atoms with Gasteiger partial charge >= 0.3 is 0 Å². The molecule has 0 radical (unpaired) electrons. The summed E-state index contributed by atoms with van der Waals surface area (Å²) >= 11 is 1.60. The molecule has 2 N–H and O–H groups in total. The van der Waals surface area contributed by atoms with Gasteiger partial charge in [0.25, 0.3) is 5.88 Å². The number of aromatic nitrogens is 2. The van der Waals surface area contributed by atoms with Crippen LogP contribution in [-0.2, 0) is 14.3 Å². The van der Waals surface area contributed by atoms with E-state index in [-0.39, 0.29) is 48.5 Å². The van der Waals surface area contributed by atoms with E-state index < -0.39 is 23.9 Å². The van der Waals surface area contributed by atoms with Crippen LogP contribution < -0.4 is 10.1 Å². The number of Topliss-reactive ketones (excluding diaryl/α,β-unsaturated/α-hetero) is 1. The number of amides is 1. The summed E-state index contributed by atoms with van der Waals surface area (Å²) in [5.41, 5.74) is 4.86. The third kappa shape index (κ3) is 7.42. The van der Waals surface area contributed by atoms with E-state index in [1.807, 2.05) is 71.3 Å². The Labute approximate surface area is 245 Å². The number of aryl methyl sites for hydroxylation is 1. The van der Waals surface area contributed by atoms with Crippen LogP contribution in [0.2, 0.25) is 0 Å². The molecular weight excluding hydrogens is 542 g/mol. The molecule has 1 amide bonds. The van der Waals surface area contributed by atoms with Crippen molar-refractivity contribution in [3.05, 3.63) is 52.9 Å². The number of hydrogen-bond acceptors (Lipinski definition) is 9. The molecule has 1 aliphatic carbocycles. The lowest BCUT2D eigenvalue weighted by Gasteiger charge is -2.25. The van der Waals surface area contributed by atoms with Crippen LogP contribution in [0.15, 0.2) is 40.4 Å². The fourth-order valence-electron chi connectivity index (χ4n) is 5.57. The van der Waals surface area contributed by atoms with E-state index in [9.17, 15) is 14.7 Å². The molecule has 3 aromatic rings. The lowest BCUT2D eigenvalue weighted by Crippen LogP contribution is -2.38. The number of aliphatic hydroxyl groups excluding tert-OH is 1. The van der Waals surface area contributed by atoms with Gasteiger partial charge in [-0.1, -0.05) is 38.1 Å². The zero-order valence-corrected chi connectivity index (χ0v) is 25.4. The molecule has 1 aromatic carbocycles. The number of ketones is 1. The van der Waals surface area contributed by atoms with E-state index in [1.165, 1.54) is 0 Å². The number of nitrogens with one attached hydrogen (secondary N) is 1. The smallest absolute Gasteiger partial charge is 0.254 e. The van der Waals surface area contributed by atoms with Crippen molar-refractivity contribution in [2.24, 2.45) is 17.8 Å². The number of benzene rings is 1. The van der Waals surface area contributed by atoms with Gasteiger partial charge in [0.15, 0.2) is 5.76 Å². The minimum absolute atomic E-state index is 0.105. The number of ether oxygens (including phenoxy) is 2. The quantitative estimate of drug-likeness (QED) is 0.271. The number of carbonyl (C=O) groups is 2. The van der Waals surface area contributed by atoms with E-state index in [4.69, 9.17) is 14.0 Å². The third-order valence-electron chi connectivity index (χ3n) is 7.72. The number of hydrogen-bond donors (Lipinski definition) is 2. The van der Waals surface area contributed by atoms with E-state index in [1.54, 1.807) is 17.4 Å². The van der Waals surface area contributed by atoms with Gasteiger partial charge in [0.1, 0.15) is 12.4 Å². The minimum Gasteiger partial charge on any atom is -0.473 e. The van der Waals surface area contributed by atoms with Crippen molar-refractivity contribution in [2.45, 2.75) is 78.6 Å². The topological polar surface area (TPSA) is 124 Å². The van der Waals surface area contributed by atoms with Crippen LogP contribution in [0.1, 0.15) is 76.4 Å². The van der Waals surface area contributed by atoms with Crippen LogP contribution in [0, 0.1) is 24.7 Å². The van der Waals surface area contributed by atoms with Gasteiger partial charge < -0.3 is 24.4 Å². The second-order valence-electron chi connectivity index (χ2n) is 11.2. The monoisotopic (exact) mass is 583 g/mol. The van der Waals surface area contributed by atoms with Gasteiger partial charge in [-0.05, 0) is 62.7 Å². The SMILES string of the molecule is CCOC(C)COc1cc(C(C(=O)C2C[C@H](O)C[C@H]2C(=O)N[C@@H](C)c2ccc(-c3scnc3C)cc2)C(C)C)on1. The van der Waals surface area contributed by atoms with Gasteiger partial charge in [0, 0.05) is 18.6 Å². The number of rotatable bonds is 13. The summed E-state index contributed by atoms with van der Waals surface area (Å²) in [6, 6.07) is 9.44. The summed E-state index contributed by atoms with van der Waals surface area (Å²) in [6.07, 6.45) is -0.354. The molecular formula is C31H41N3O6S. The van der Waals surface area contributed by atoms with Crippen LogP contribution in [0.3, 0.4) is 0 Å². The fourth-order valence-corrected chi connectivity index (χ4v) is 6.38. The zero-order valence-electron chi connectivity index (χ0n) is 24.6. The first-order valence-electron chi connectivity index (χ1n) is 14.3. The van der Waals surface area contributed by atoms with E-state index in [0.29, 0.717) is 19.0 Å². The van der Waals surface area contributed by atoms with Crippen molar-refractivity contribution in [3.63, 3.8) is 0 Å². The molecule has 2 aromatic heterocycles. The molecule has 1 aliphatic rings. The lowest BCUT2D eigenvalue weighted by molar-refractivity contribution is -0.134. The number of thiazole rings is 1. The highest BCUT2D eigenvalue weighted by Gasteiger charge is 2.46. The van der Waals surface area contributed by atoms with E-state index in [0.717, 1.165) is 21.7 Å². The number of carbonyl (C=O) groups excluding carboxylic acids is 2. The normalized spacial score (nSPS) is 21.0. The molecule has 0 saturated heterocycles. The fraction of sp³-hybridized carbons (Fsp3) is 0.548. The Balaban J connectivity index is 1.43. The Morgan fingerprint density at radius 1 is 1.15 bits per heavy atom. The van der Waals surface area contributed by atoms with Crippen LogP contribution in [0.4, 0.5) is 0 Å². The molecule has 0 aliphatic heterocycles. The van der Waals surface area contributed by atoms with Crippen LogP contribution in [-0.4, -0.2) is 52.4 Å². The predicted molar refractivity (Wildman–Crippen MR) is 157 cm³/mol.